The fraction of sp³-hybridized carbons (Fsp3) is 0.889. The zero-order valence-corrected chi connectivity index (χ0v) is 6.88. The normalized spacial score (nSPS) is 41.0. The van der Waals surface area contributed by atoms with Gasteiger partial charge in [0.1, 0.15) is 0 Å². The Balaban J connectivity index is 2.02. The van der Waals surface area contributed by atoms with E-state index in [4.69, 9.17) is 4.74 Å². The van der Waals surface area contributed by atoms with E-state index in [1.807, 2.05) is 0 Å². The summed E-state index contributed by atoms with van der Waals surface area (Å²) >= 11 is 0. The van der Waals surface area contributed by atoms with Crippen LogP contribution in [-0.2, 0) is 9.53 Å². The minimum atomic E-state index is 0.0252. The highest BCUT2D eigenvalue weighted by Crippen LogP contribution is 2.48. The molecule has 0 aromatic heterocycles. The molecule has 2 aliphatic carbocycles. The summed E-state index contributed by atoms with van der Waals surface area (Å²) in [7, 11) is 1.49. The number of carbonyl (C=O) groups excluding carboxylic acids is 1. The molecule has 0 amide bonds. The van der Waals surface area contributed by atoms with Crippen LogP contribution in [-0.4, -0.2) is 13.1 Å². The number of ether oxygens (including phenoxy) is 1. The quantitative estimate of drug-likeness (QED) is 0.536. The highest BCUT2D eigenvalue weighted by molar-refractivity contribution is 5.73. The van der Waals surface area contributed by atoms with Crippen LogP contribution in [0.4, 0.5) is 0 Å². The van der Waals surface area contributed by atoms with Crippen LogP contribution < -0.4 is 0 Å². The molecule has 0 N–H and O–H groups in total. The van der Waals surface area contributed by atoms with Crippen molar-refractivity contribution in [2.24, 2.45) is 17.8 Å². The largest absolute Gasteiger partial charge is 0.469 e. The first-order chi connectivity index (χ1) is 5.31. The van der Waals surface area contributed by atoms with Gasteiger partial charge in [0.05, 0.1) is 13.0 Å². The van der Waals surface area contributed by atoms with Gasteiger partial charge in [0.15, 0.2) is 0 Å². The molecule has 11 heavy (non-hydrogen) atoms. The predicted octanol–water partition coefficient (Wildman–Crippen LogP) is 1.60. The number of carbonyl (C=O) groups is 1. The molecule has 0 heterocycles. The fourth-order valence-corrected chi connectivity index (χ4v) is 2.68. The maximum atomic E-state index is 11.2. The Kier molecular flexibility index (Phi) is 1.63. The molecule has 0 aliphatic heterocycles. The third-order valence-corrected chi connectivity index (χ3v) is 3.24. The van der Waals surface area contributed by atoms with Crippen molar-refractivity contribution in [1.29, 1.82) is 0 Å². The number of esters is 1. The van der Waals surface area contributed by atoms with E-state index in [1.165, 1.54) is 26.4 Å². The molecule has 2 saturated carbocycles. The minimum Gasteiger partial charge on any atom is -0.469 e. The predicted molar refractivity (Wildman–Crippen MR) is 41.0 cm³/mol. The van der Waals surface area contributed by atoms with Gasteiger partial charge in [-0.15, -0.1) is 0 Å². The fourth-order valence-electron chi connectivity index (χ4n) is 2.68. The van der Waals surface area contributed by atoms with Gasteiger partial charge in [-0.3, -0.25) is 4.79 Å². The van der Waals surface area contributed by atoms with Crippen molar-refractivity contribution in [2.75, 3.05) is 7.11 Å². The molecule has 0 radical (unpaired) electrons. The lowest BCUT2D eigenvalue weighted by atomic mass is 9.89. The number of rotatable bonds is 1. The van der Waals surface area contributed by atoms with Crippen LogP contribution >= 0.6 is 0 Å². The van der Waals surface area contributed by atoms with Crippen LogP contribution in [0.1, 0.15) is 25.7 Å². The van der Waals surface area contributed by atoms with Crippen molar-refractivity contribution in [3.05, 3.63) is 0 Å². The van der Waals surface area contributed by atoms with Gasteiger partial charge in [0.25, 0.3) is 0 Å². The molecule has 2 bridgehead atoms. The topological polar surface area (TPSA) is 26.3 Å². The Bertz CT molecular complexity index is 176. The lowest BCUT2D eigenvalue weighted by Crippen LogP contribution is -2.21. The van der Waals surface area contributed by atoms with Crippen LogP contribution in [0.3, 0.4) is 0 Å². The number of methoxy groups -OCH3 is 1. The van der Waals surface area contributed by atoms with Gasteiger partial charge < -0.3 is 4.74 Å². The second kappa shape index (κ2) is 2.50. The Hall–Kier alpha value is -0.530. The molecule has 2 fully saturated rings. The molecule has 2 nitrogen and oxygen atoms in total. The van der Waals surface area contributed by atoms with E-state index in [2.05, 4.69) is 0 Å². The molecule has 0 aromatic rings. The van der Waals surface area contributed by atoms with Crippen molar-refractivity contribution in [1.82, 2.24) is 0 Å². The highest BCUT2D eigenvalue weighted by Gasteiger charge is 2.43. The average molecular weight is 154 g/mol. The number of hydrogen-bond acceptors (Lipinski definition) is 2. The molecule has 2 unspecified atom stereocenters. The van der Waals surface area contributed by atoms with Crippen LogP contribution in [0.2, 0.25) is 0 Å². The van der Waals surface area contributed by atoms with Gasteiger partial charge in [-0.25, -0.2) is 0 Å². The Morgan fingerprint density at radius 3 is 2.64 bits per heavy atom. The van der Waals surface area contributed by atoms with E-state index >= 15 is 0 Å². The molecular formula is C9H14O2. The SMILES string of the molecule is COC(=O)C1CC2CC[C@@H]1C2. The lowest BCUT2D eigenvalue weighted by molar-refractivity contribution is -0.147. The molecule has 2 rings (SSSR count). The van der Waals surface area contributed by atoms with Crippen LogP contribution in [0, 0.1) is 17.8 Å². The summed E-state index contributed by atoms with van der Waals surface area (Å²) in [6.45, 7) is 0. The number of hydrogen-bond donors (Lipinski definition) is 0. The lowest BCUT2D eigenvalue weighted by Gasteiger charge is -2.18. The summed E-state index contributed by atoms with van der Waals surface area (Å²) in [4.78, 5) is 11.2. The summed E-state index contributed by atoms with van der Waals surface area (Å²) in [6.07, 6.45) is 4.97. The number of fused-ring (bicyclic) bond motifs is 2. The van der Waals surface area contributed by atoms with E-state index < -0.39 is 0 Å². The zero-order valence-electron chi connectivity index (χ0n) is 6.88. The van der Waals surface area contributed by atoms with Crippen molar-refractivity contribution in [3.63, 3.8) is 0 Å². The van der Waals surface area contributed by atoms with Crippen molar-refractivity contribution < 1.29 is 9.53 Å². The zero-order chi connectivity index (χ0) is 7.84. The average Bonchev–Trinajstić information content (AvgIpc) is 2.62. The first kappa shape index (κ1) is 7.14. The summed E-state index contributed by atoms with van der Waals surface area (Å²) in [6, 6.07) is 0. The maximum absolute atomic E-state index is 11.2. The smallest absolute Gasteiger partial charge is 0.308 e. The molecule has 0 aromatic carbocycles. The third kappa shape index (κ3) is 1.05. The highest BCUT2D eigenvalue weighted by atomic mass is 16.5. The van der Waals surface area contributed by atoms with Gasteiger partial charge in [-0.05, 0) is 31.1 Å². The van der Waals surface area contributed by atoms with Crippen molar-refractivity contribution in [3.8, 4) is 0 Å². The molecule has 2 heteroatoms. The molecule has 62 valence electrons. The molecule has 0 spiro atoms. The van der Waals surface area contributed by atoms with Gasteiger partial charge >= 0.3 is 5.97 Å². The van der Waals surface area contributed by atoms with Crippen molar-refractivity contribution >= 4 is 5.97 Å². The maximum Gasteiger partial charge on any atom is 0.308 e. The van der Waals surface area contributed by atoms with E-state index in [0.717, 1.165) is 12.3 Å². The van der Waals surface area contributed by atoms with Crippen molar-refractivity contribution in [2.45, 2.75) is 25.7 Å². The molecule has 0 saturated heterocycles. The summed E-state index contributed by atoms with van der Waals surface area (Å²) in [5.74, 6) is 1.77. The van der Waals surface area contributed by atoms with Crippen LogP contribution in [0.5, 0.6) is 0 Å². The third-order valence-electron chi connectivity index (χ3n) is 3.24. The van der Waals surface area contributed by atoms with Gasteiger partial charge in [-0.1, -0.05) is 6.42 Å². The van der Waals surface area contributed by atoms with Gasteiger partial charge in [0.2, 0.25) is 0 Å². The second-order valence-electron chi connectivity index (χ2n) is 3.80. The van der Waals surface area contributed by atoms with Gasteiger partial charge in [-0.2, -0.15) is 0 Å². The standard InChI is InChI=1S/C9H14O2/c1-11-9(10)8-5-6-2-3-7(8)4-6/h6-8H,2-5H2,1H3/t6?,7-,8?/m1/s1. The first-order valence-corrected chi connectivity index (χ1v) is 4.39. The van der Waals surface area contributed by atoms with Gasteiger partial charge in [0, 0.05) is 0 Å². The Morgan fingerprint density at radius 1 is 1.36 bits per heavy atom. The molecule has 2 aliphatic rings. The molecular weight excluding hydrogens is 140 g/mol. The van der Waals surface area contributed by atoms with E-state index in [-0.39, 0.29) is 11.9 Å². The van der Waals surface area contributed by atoms with E-state index in [1.54, 1.807) is 0 Å². The Labute approximate surface area is 66.9 Å². The molecule has 3 atom stereocenters. The van der Waals surface area contributed by atoms with Crippen LogP contribution in [0.15, 0.2) is 0 Å². The van der Waals surface area contributed by atoms with Crippen LogP contribution in [0.25, 0.3) is 0 Å². The first-order valence-electron chi connectivity index (χ1n) is 4.39. The van der Waals surface area contributed by atoms with E-state index in [0.29, 0.717) is 5.92 Å². The second-order valence-corrected chi connectivity index (χ2v) is 3.80. The van der Waals surface area contributed by atoms with E-state index in [9.17, 15) is 4.79 Å². The summed E-state index contributed by atoms with van der Waals surface area (Å²) in [5.41, 5.74) is 0. The monoisotopic (exact) mass is 154 g/mol. The summed E-state index contributed by atoms with van der Waals surface area (Å²) in [5, 5.41) is 0. The minimum absolute atomic E-state index is 0.0252. The summed E-state index contributed by atoms with van der Waals surface area (Å²) < 4.78 is 4.75. The Morgan fingerprint density at radius 2 is 2.18 bits per heavy atom.